The monoisotopic (exact) mass is 417 g/mol. The predicted octanol–water partition coefficient (Wildman–Crippen LogP) is 3.47. The zero-order chi connectivity index (χ0) is 18.6. The Labute approximate surface area is 163 Å². The first-order chi connectivity index (χ1) is 12.4. The van der Waals surface area contributed by atoms with E-state index in [1.54, 1.807) is 24.3 Å². The highest BCUT2D eigenvalue weighted by Gasteiger charge is 2.45. The Morgan fingerprint density at radius 2 is 1.81 bits per heavy atom. The van der Waals surface area contributed by atoms with Gasteiger partial charge in [0.25, 0.3) is 0 Å². The maximum Gasteiger partial charge on any atom is 0.164 e. The van der Waals surface area contributed by atoms with E-state index in [0.29, 0.717) is 32.3 Å². The van der Waals surface area contributed by atoms with E-state index in [2.05, 4.69) is 0 Å². The number of aliphatic hydroxyl groups is 3. The first-order valence-electron chi connectivity index (χ1n) is 7.78. The van der Waals surface area contributed by atoms with Crippen LogP contribution in [0.4, 0.5) is 0 Å². The highest BCUT2D eigenvalue weighted by molar-refractivity contribution is 6.43. The quantitative estimate of drug-likeness (QED) is 0.606. The molecule has 0 saturated carbocycles. The Kier molecular flexibility index (Phi) is 4.69. The number of aliphatic hydroxyl groups excluding tert-OH is 3. The number of hydrogen-bond acceptors (Lipinski definition) is 5. The van der Waals surface area contributed by atoms with E-state index in [0.717, 1.165) is 0 Å². The molecule has 6 nitrogen and oxygen atoms in total. The molecular weight excluding hydrogens is 405 g/mol. The van der Waals surface area contributed by atoms with Gasteiger partial charge in [-0.2, -0.15) is 0 Å². The summed E-state index contributed by atoms with van der Waals surface area (Å²) in [6, 6.07) is 6.72. The zero-order valence-corrected chi connectivity index (χ0v) is 15.4. The fourth-order valence-electron chi connectivity index (χ4n) is 3.27. The van der Waals surface area contributed by atoms with Crippen LogP contribution in [0.15, 0.2) is 34.9 Å². The van der Waals surface area contributed by atoms with Gasteiger partial charge in [0.05, 0.1) is 34.0 Å². The molecule has 0 aliphatic carbocycles. The second kappa shape index (κ2) is 6.73. The van der Waals surface area contributed by atoms with Gasteiger partial charge >= 0.3 is 0 Å². The second-order valence-electron chi connectivity index (χ2n) is 6.03. The van der Waals surface area contributed by atoms with Crippen LogP contribution in [0.25, 0.3) is 22.2 Å². The summed E-state index contributed by atoms with van der Waals surface area (Å²) in [4.78, 5) is 0. The Bertz CT molecular complexity index is 955. The molecule has 1 unspecified atom stereocenters. The summed E-state index contributed by atoms with van der Waals surface area (Å²) >= 11 is 19.0. The first-order valence-corrected chi connectivity index (χ1v) is 8.92. The molecule has 1 fully saturated rings. The summed E-state index contributed by atoms with van der Waals surface area (Å²) in [5.41, 5.74) is 1.11. The lowest BCUT2D eigenvalue weighted by Crippen LogP contribution is -2.33. The predicted molar refractivity (Wildman–Crippen MR) is 97.7 cm³/mol. The number of halogens is 3. The molecule has 1 saturated heterocycles. The van der Waals surface area contributed by atoms with Crippen molar-refractivity contribution in [2.45, 2.75) is 24.5 Å². The van der Waals surface area contributed by atoms with E-state index < -0.39 is 31.1 Å². The number of nitrogens with zero attached hydrogens (tertiary/aromatic N) is 1. The molecule has 1 aliphatic rings. The minimum absolute atomic E-state index is 0.225. The van der Waals surface area contributed by atoms with Gasteiger partial charge in [-0.3, -0.25) is 0 Å². The summed E-state index contributed by atoms with van der Waals surface area (Å²) in [6.45, 7) is -0.441. The third kappa shape index (κ3) is 2.65. The standard InChI is InChI=1S/C17H14Cl3NO5/c18-8-4-7-10(5-9(8)19)21(16(20)13(7)11-2-1-3-25-11)17-15(24)14(23)12(6-22)26-17/h1-5,12,14-15,17,22-24H,6H2/t12-,14-,15-,17?/m1/s1. The molecule has 26 heavy (non-hydrogen) atoms. The maximum atomic E-state index is 10.4. The number of ether oxygens (including phenoxy) is 1. The molecule has 3 N–H and O–H groups in total. The van der Waals surface area contributed by atoms with Crippen LogP contribution < -0.4 is 0 Å². The molecule has 4 atom stereocenters. The molecule has 0 amide bonds. The number of aromatic nitrogens is 1. The van der Waals surface area contributed by atoms with Crippen LogP contribution in [0.2, 0.25) is 15.2 Å². The van der Waals surface area contributed by atoms with Gasteiger partial charge in [0.15, 0.2) is 6.23 Å². The van der Waals surface area contributed by atoms with E-state index in [1.165, 1.54) is 10.8 Å². The normalized spacial score (nSPS) is 26.1. The highest BCUT2D eigenvalue weighted by atomic mass is 35.5. The Hall–Kier alpha value is -1.25. The minimum Gasteiger partial charge on any atom is -0.464 e. The maximum absolute atomic E-state index is 10.4. The summed E-state index contributed by atoms with van der Waals surface area (Å²) in [6.07, 6.45) is -2.98. The van der Waals surface area contributed by atoms with Crippen molar-refractivity contribution in [3.05, 3.63) is 45.7 Å². The van der Waals surface area contributed by atoms with Gasteiger partial charge in [0.2, 0.25) is 0 Å². The Morgan fingerprint density at radius 3 is 2.42 bits per heavy atom. The second-order valence-corrected chi connectivity index (χ2v) is 7.20. The van der Waals surface area contributed by atoms with Crippen molar-refractivity contribution >= 4 is 45.7 Å². The lowest BCUT2D eigenvalue weighted by atomic mass is 10.1. The lowest BCUT2D eigenvalue weighted by Gasteiger charge is -2.19. The third-order valence-electron chi connectivity index (χ3n) is 4.52. The molecule has 138 valence electrons. The van der Waals surface area contributed by atoms with Gasteiger partial charge < -0.3 is 29.0 Å². The molecule has 9 heteroatoms. The van der Waals surface area contributed by atoms with E-state index in [-0.39, 0.29) is 5.15 Å². The van der Waals surface area contributed by atoms with Crippen molar-refractivity contribution in [1.29, 1.82) is 0 Å². The van der Waals surface area contributed by atoms with E-state index in [9.17, 15) is 15.3 Å². The summed E-state index contributed by atoms with van der Waals surface area (Å²) < 4.78 is 12.6. The van der Waals surface area contributed by atoms with E-state index >= 15 is 0 Å². The third-order valence-corrected chi connectivity index (χ3v) is 5.62. The topological polar surface area (TPSA) is 88.0 Å². The number of benzene rings is 1. The molecule has 3 heterocycles. The van der Waals surface area contributed by atoms with Crippen molar-refractivity contribution in [3.8, 4) is 11.3 Å². The SMILES string of the molecule is OC[C@H]1OC(n2c(Cl)c(-c3ccco3)c3cc(Cl)c(Cl)cc32)[C@H](O)[C@@H]1O. The van der Waals surface area contributed by atoms with Crippen LogP contribution in [0.1, 0.15) is 6.23 Å². The molecule has 3 aromatic rings. The van der Waals surface area contributed by atoms with Crippen molar-refractivity contribution in [3.63, 3.8) is 0 Å². The molecule has 2 aromatic heterocycles. The van der Waals surface area contributed by atoms with Crippen molar-refractivity contribution in [2.75, 3.05) is 6.61 Å². The molecule has 1 aliphatic heterocycles. The van der Waals surface area contributed by atoms with Gasteiger partial charge in [0, 0.05) is 5.39 Å². The first kappa shape index (κ1) is 18.1. The van der Waals surface area contributed by atoms with Crippen molar-refractivity contribution in [2.24, 2.45) is 0 Å². The van der Waals surface area contributed by atoms with Crippen LogP contribution >= 0.6 is 34.8 Å². The smallest absolute Gasteiger partial charge is 0.164 e. The van der Waals surface area contributed by atoms with Gasteiger partial charge in [-0.25, -0.2) is 0 Å². The Morgan fingerprint density at radius 1 is 1.08 bits per heavy atom. The summed E-state index contributed by atoms with van der Waals surface area (Å²) in [7, 11) is 0. The van der Waals surface area contributed by atoms with Crippen molar-refractivity contribution < 1.29 is 24.5 Å². The fraction of sp³-hybridized carbons (Fsp3) is 0.294. The molecular formula is C17H14Cl3NO5. The molecule has 0 spiro atoms. The molecule has 1 aromatic carbocycles. The fourth-order valence-corrected chi connectivity index (χ4v) is 3.97. The molecule has 0 bridgehead atoms. The van der Waals surface area contributed by atoms with Crippen LogP contribution in [0, 0.1) is 0 Å². The summed E-state index contributed by atoms with van der Waals surface area (Å²) in [5, 5.41) is 31.4. The van der Waals surface area contributed by atoms with Crippen molar-refractivity contribution in [1.82, 2.24) is 4.57 Å². The van der Waals surface area contributed by atoms with E-state index in [4.69, 9.17) is 44.0 Å². The average molecular weight is 419 g/mol. The number of fused-ring (bicyclic) bond motifs is 1. The Balaban J connectivity index is 1.98. The summed E-state index contributed by atoms with van der Waals surface area (Å²) in [5.74, 6) is 0.504. The zero-order valence-electron chi connectivity index (χ0n) is 13.1. The largest absolute Gasteiger partial charge is 0.464 e. The average Bonchev–Trinajstić information content (AvgIpc) is 3.29. The van der Waals surface area contributed by atoms with Gasteiger partial charge in [-0.15, -0.1) is 0 Å². The van der Waals surface area contributed by atoms with Crippen LogP contribution in [-0.2, 0) is 4.74 Å². The van der Waals surface area contributed by atoms with E-state index in [1.807, 2.05) is 0 Å². The van der Waals surface area contributed by atoms with Crippen LogP contribution in [0.3, 0.4) is 0 Å². The van der Waals surface area contributed by atoms with Crippen LogP contribution in [0.5, 0.6) is 0 Å². The van der Waals surface area contributed by atoms with Gasteiger partial charge in [-0.05, 0) is 24.3 Å². The number of hydrogen-bond donors (Lipinski definition) is 3. The van der Waals surface area contributed by atoms with Crippen LogP contribution in [-0.4, -0.2) is 44.8 Å². The highest BCUT2D eigenvalue weighted by Crippen LogP contribution is 2.45. The lowest BCUT2D eigenvalue weighted by molar-refractivity contribution is -0.0504. The van der Waals surface area contributed by atoms with Gasteiger partial charge in [-0.1, -0.05) is 34.8 Å². The number of furan rings is 1. The van der Waals surface area contributed by atoms with Gasteiger partial charge in [0.1, 0.15) is 29.2 Å². The molecule has 0 radical (unpaired) electrons. The minimum atomic E-state index is -1.29. The number of rotatable bonds is 3. The molecule has 4 rings (SSSR count).